The van der Waals surface area contributed by atoms with Crippen LogP contribution in [0, 0.1) is 6.92 Å². The zero-order valence-corrected chi connectivity index (χ0v) is 15.2. The maximum Gasteiger partial charge on any atom is 0.354 e. The first kappa shape index (κ1) is 16.6. The molecule has 0 unspecified atom stereocenters. The lowest BCUT2D eigenvalue weighted by molar-refractivity contribution is 0.0690. The van der Waals surface area contributed by atoms with Gasteiger partial charge in [-0.1, -0.05) is 13.0 Å². The molecule has 0 amide bonds. The number of nitrogens with one attached hydrogen (secondary N) is 1. The van der Waals surface area contributed by atoms with Gasteiger partial charge in [-0.05, 0) is 49.1 Å². The highest BCUT2D eigenvalue weighted by molar-refractivity contribution is 5.88. The Morgan fingerprint density at radius 3 is 2.77 bits per heavy atom. The number of rotatable bonds is 5. The zero-order chi connectivity index (χ0) is 18.5. The van der Waals surface area contributed by atoms with Crippen LogP contribution in [0.15, 0.2) is 30.3 Å². The van der Waals surface area contributed by atoms with Crippen LogP contribution in [0.1, 0.15) is 52.8 Å². The summed E-state index contributed by atoms with van der Waals surface area (Å²) >= 11 is 0. The van der Waals surface area contributed by atoms with Gasteiger partial charge in [0.2, 0.25) is 0 Å². The van der Waals surface area contributed by atoms with E-state index in [0.717, 1.165) is 40.8 Å². The van der Waals surface area contributed by atoms with Gasteiger partial charge < -0.3 is 14.8 Å². The molecule has 0 bridgehead atoms. The highest BCUT2D eigenvalue weighted by atomic mass is 16.5. The average molecular weight is 350 g/mol. The number of hydrogen-bond donors (Lipinski definition) is 2. The molecule has 26 heavy (non-hydrogen) atoms. The van der Waals surface area contributed by atoms with Gasteiger partial charge in [0.1, 0.15) is 11.4 Å². The van der Waals surface area contributed by atoms with Crippen molar-refractivity contribution in [3.05, 3.63) is 58.5 Å². The predicted octanol–water partition coefficient (Wildman–Crippen LogP) is 4.22. The summed E-state index contributed by atoms with van der Waals surface area (Å²) in [4.78, 5) is 19.2. The van der Waals surface area contributed by atoms with E-state index in [1.807, 2.05) is 19.1 Å². The molecular formula is C21H22N2O3. The minimum absolute atomic E-state index is 0.0828. The Labute approximate surface area is 152 Å². The van der Waals surface area contributed by atoms with Crippen molar-refractivity contribution in [1.29, 1.82) is 0 Å². The summed E-state index contributed by atoms with van der Waals surface area (Å²) in [5.41, 5.74) is 5.60. The molecule has 1 aromatic carbocycles. The number of hydrogen-bond acceptors (Lipinski definition) is 3. The number of benzene rings is 1. The summed E-state index contributed by atoms with van der Waals surface area (Å²) in [7, 11) is 1.68. The monoisotopic (exact) mass is 350 g/mol. The molecule has 3 aromatic rings. The molecule has 0 radical (unpaired) electrons. The standard InChI is InChI=1S/C21H22N2O3/c1-12-9-14-15(10-13-5-4-6-16(22-13)20(24)25)19(21(2)7-8-21)23-17(14)11-18(12)26-3/h4-6,9,11,23H,7-8,10H2,1-3H3,(H,24,25). The van der Waals surface area contributed by atoms with Gasteiger partial charge in [0.15, 0.2) is 0 Å². The van der Waals surface area contributed by atoms with E-state index < -0.39 is 5.97 Å². The molecule has 0 saturated heterocycles. The lowest BCUT2D eigenvalue weighted by atomic mass is 9.95. The number of fused-ring (bicyclic) bond motifs is 1. The number of nitrogens with zero attached hydrogens (tertiary/aromatic N) is 1. The Kier molecular flexibility index (Phi) is 3.75. The van der Waals surface area contributed by atoms with Crippen molar-refractivity contribution in [3.8, 4) is 5.75 Å². The maximum absolute atomic E-state index is 11.2. The van der Waals surface area contributed by atoms with E-state index in [0.29, 0.717) is 6.42 Å². The molecule has 134 valence electrons. The van der Waals surface area contributed by atoms with Gasteiger partial charge in [0.05, 0.1) is 7.11 Å². The lowest BCUT2D eigenvalue weighted by Crippen LogP contribution is -2.07. The minimum Gasteiger partial charge on any atom is -0.496 e. The second-order valence-corrected chi connectivity index (χ2v) is 7.40. The van der Waals surface area contributed by atoms with E-state index in [1.54, 1.807) is 13.2 Å². The van der Waals surface area contributed by atoms with E-state index >= 15 is 0 Å². The number of carboxylic acid groups (broad SMARTS) is 1. The summed E-state index contributed by atoms with van der Waals surface area (Å²) < 4.78 is 5.47. The number of aromatic amines is 1. The van der Waals surface area contributed by atoms with E-state index in [1.165, 1.54) is 17.3 Å². The molecular weight excluding hydrogens is 328 g/mol. The van der Waals surface area contributed by atoms with Crippen LogP contribution in [0.3, 0.4) is 0 Å². The van der Waals surface area contributed by atoms with Gasteiger partial charge >= 0.3 is 5.97 Å². The molecule has 1 saturated carbocycles. The molecule has 2 aromatic heterocycles. The van der Waals surface area contributed by atoms with Gasteiger partial charge in [-0.2, -0.15) is 0 Å². The lowest BCUT2D eigenvalue weighted by Gasteiger charge is -2.11. The van der Waals surface area contributed by atoms with E-state index in [-0.39, 0.29) is 11.1 Å². The highest BCUT2D eigenvalue weighted by Crippen LogP contribution is 2.50. The molecule has 0 atom stereocenters. The largest absolute Gasteiger partial charge is 0.496 e. The summed E-state index contributed by atoms with van der Waals surface area (Å²) in [5.74, 6) is -0.135. The number of aromatic carboxylic acids is 1. The number of ether oxygens (including phenoxy) is 1. The summed E-state index contributed by atoms with van der Waals surface area (Å²) in [6, 6.07) is 9.37. The Balaban J connectivity index is 1.86. The average Bonchev–Trinajstić information content (AvgIpc) is 3.27. The maximum atomic E-state index is 11.2. The Morgan fingerprint density at radius 2 is 2.12 bits per heavy atom. The predicted molar refractivity (Wildman–Crippen MR) is 100 cm³/mol. The Morgan fingerprint density at radius 1 is 1.35 bits per heavy atom. The third-order valence-electron chi connectivity index (χ3n) is 5.41. The van der Waals surface area contributed by atoms with Crippen molar-refractivity contribution >= 4 is 16.9 Å². The molecule has 1 fully saturated rings. The van der Waals surface area contributed by atoms with Gasteiger partial charge in [-0.3, -0.25) is 0 Å². The van der Waals surface area contributed by atoms with Gasteiger partial charge in [-0.25, -0.2) is 9.78 Å². The molecule has 2 heterocycles. The first-order valence-electron chi connectivity index (χ1n) is 8.80. The fourth-order valence-corrected chi connectivity index (χ4v) is 3.62. The first-order valence-corrected chi connectivity index (χ1v) is 8.80. The van der Waals surface area contributed by atoms with Gasteiger partial charge in [0, 0.05) is 40.2 Å². The van der Waals surface area contributed by atoms with Crippen LogP contribution in [0.4, 0.5) is 0 Å². The van der Waals surface area contributed by atoms with Crippen molar-refractivity contribution in [2.24, 2.45) is 0 Å². The van der Waals surface area contributed by atoms with Crippen LogP contribution >= 0.6 is 0 Å². The normalized spacial score (nSPS) is 15.2. The smallest absolute Gasteiger partial charge is 0.354 e. The number of pyridine rings is 1. The summed E-state index contributed by atoms with van der Waals surface area (Å²) in [6.07, 6.45) is 2.93. The zero-order valence-electron chi connectivity index (χ0n) is 15.2. The number of carbonyl (C=O) groups is 1. The van der Waals surface area contributed by atoms with Gasteiger partial charge in [-0.15, -0.1) is 0 Å². The molecule has 1 aliphatic rings. The number of aryl methyl sites for hydroxylation is 1. The van der Waals surface area contributed by atoms with E-state index in [9.17, 15) is 9.90 Å². The van der Waals surface area contributed by atoms with E-state index in [2.05, 4.69) is 23.0 Å². The quantitative estimate of drug-likeness (QED) is 0.722. The van der Waals surface area contributed by atoms with Crippen molar-refractivity contribution < 1.29 is 14.6 Å². The van der Waals surface area contributed by atoms with Crippen LogP contribution in [0.25, 0.3) is 10.9 Å². The third kappa shape index (κ3) is 2.73. The van der Waals surface area contributed by atoms with Crippen molar-refractivity contribution in [3.63, 3.8) is 0 Å². The third-order valence-corrected chi connectivity index (χ3v) is 5.41. The number of carboxylic acids is 1. The number of H-pyrrole nitrogens is 1. The Hall–Kier alpha value is -2.82. The Bertz CT molecular complexity index is 1020. The molecule has 0 aliphatic heterocycles. The molecule has 5 nitrogen and oxygen atoms in total. The fraction of sp³-hybridized carbons (Fsp3) is 0.333. The molecule has 4 rings (SSSR count). The van der Waals surface area contributed by atoms with Crippen LogP contribution in [0.2, 0.25) is 0 Å². The number of methoxy groups -OCH3 is 1. The van der Waals surface area contributed by atoms with Crippen molar-refractivity contribution in [2.45, 2.75) is 38.5 Å². The summed E-state index contributed by atoms with van der Waals surface area (Å²) in [5, 5.41) is 10.4. The first-order chi connectivity index (χ1) is 12.4. The minimum atomic E-state index is -0.999. The molecule has 5 heteroatoms. The number of aromatic nitrogens is 2. The topological polar surface area (TPSA) is 75.2 Å². The second-order valence-electron chi connectivity index (χ2n) is 7.40. The fourth-order valence-electron chi connectivity index (χ4n) is 3.62. The van der Waals surface area contributed by atoms with Crippen LogP contribution < -0.4 is 4.74 Å². The van der Waals surface area contributed by atoms with Crippen molar-refractivity contribution in [2.75, 3.05) is 7.11 Å². The van der Waals surface area contributed by atoms with Crippen LogP contribution in [-0.4, -0.2) is 28.2 Å². The molecule has 2 N–H and O–H groups in total. The van der Waals surface area contributed by atoms with E-state index in [4.69, 9.17) is 4.74 Å². The molecule has 0 spiro atoms. The SMILES string of the molecule is COc1cc2[nH]c(C3(C)CC3)c(Cc3cccc(C(=O)O)n3)c2cc1C. The van der Waals surface area contributed by atoms with Crippen LogP contribution in [-0.2, 0) is 11.8 Å². The molecule has 1 aliphatic carbocycles. The van der Waals surface area contributed by atoms with Crippen molar-refractivity contribution in [1.82, 2.24) is 9.97 Å². The second kappa shape index (κ2) is 5.87. The van der Waals surface area contributed by atoms with Crippen LogP contribution in [0.5, 0.6) is 5.75 Å². The van der Waals surface area contributed by atoms with Gasteiger partial charge in [0.25, 0.3) is 0 Å². The summed E-state index contributed by atoms with van der Waals surface area (Å²) in [6.45, 7) is 4.31. The highest BCUT2D eigenvalue weighted by Gasteiger charge is 2.42.